The van der Waals surface area contributed by atoms with Crippen LogP contribution in [-0.4, -0.2) is 31.5 Å². The van der Waals surface area contributed by atoms with Gasteiger partial charge in [0, 0.05) is 42.1 Å². The third kappa shape index (κ3) is 5.30. The Bertz CT molecular complexity index is 1330. The monoisotopic (exact) mass is 513 g/mol. The molecule has 0 atom stereocenters. The molecule has 1 aromatic carbocycles. The number of hydrogen-bond donors (Lipinski definition) is 2. The van der Waals surface area contributed by atoms with Crippen molar-refractivity contribution in [2.75, 3.05) is 11.9 Å². The molecule has 0 saturated heterocycles. The summed E-state index contributed by atoms with van der Waals surface area (Å²) in [5, 5.41) is 19.1. The molecule has 0 unspecified atom stereocenters. The standard InChI is InChI=1S/C22H17F6N5OS/c1-12-10-18(33-7-4-17(32-33)20-29-6-9-35-20)14(5-8-34)19(30-12)31-16-3-2-13(21(23,24)25)11-15(16)22(26,27)28/h2-4,6-7,9-11,34H,5,8H2,1H3,(H,30,31). The quantitative estimate of drug-likeness (QED) is 0.309. The van der Waals surface area contributed by atoms with Gasteiger partial charge >= 0.3 is 12.4 Å². The molecule has 2 N–H and O–H groups in total. The van der Waals surface area contributed by atoms with E-state index in [0.717, 1.165) is 0 Å². The Hall–Kier alpha value is -3.45. The zero-order valence-corrected chi connectivity index (χ0v) is 18.8. The van der Waals surface area contributed by atoms with Crippen LogP contribution in [0.15, 0.2) is 48.1 Å². The lowest BCUT2D eigenvalue weighted by Crippen LogP contribution is -2.15. The highest BCUT2D eigenvalue weighted by Gasteiger charge is 2.38. The number of pyridine rings is 1. The van der Waals surface area contributed by atoms with Gasteiger partial charge in [0.15, 0.2) is 0 Å². The van der Waals surface area contributed by atoms with E-state index in [0.29, 0.717) is 39.8 Å². The highest BCUT2D eigenvalue weighted by atomic mass is 32.1. The number of halogens is 6. The van der Waals surface area contributed by atoms with Crippen LogP contribution >= 0.6 is 11.3 Å². The van der Waals surface area contributed by atoms with Crippen molar-refractivity contribution in [3.05, 3.63) is 70.5 Å². The van der Waals surface area contributed by atoms with Crippen molar-refractivity contribution in [2.45, 2.75) is 25.7 Å². The highest BCUT2D eigenvalue weighted by molar-refractivity contribution is 7.13. The van der Waals surface area contributed by atoms with Crippen LogP contribution in [0.5, 0.6) is 0 Å². The number of aliphatic hydroxyl groups is 1. The van der Waals surface area contributed by atoms with Gasteiger partial charge in [-0.25, -0.2) is 14.6 Å². The summed E-state index contributed by atoms with van der Waals surface area (Å²) < 4.78 is 81.5. The molecule has 6 nitrogen and oxygen atoms in total. The number of anilines is 2. The summed E-state index contributed by atoms with van der Waals surface area (Å²) in [6, 6.07) is 4.69. The molecule has 13 heteroatoms. The maximum Gasteiger partial charge on any atom is 0.418 e. The number of aromatic nitrogens is 4. The number of hydrogen-bond acceptors (Lipinski definition) is 6. The molecule has 0 amide bonds. The van der Waals surface area contributed by atoms with Gasteiger partial charge in [-0.15, -0.1) is 11.3 Å². The SMILES string of the molecule is Cc1cc(-n2ccc(-c3nccs3)n2)c(CCO)c(Nc2ccc(C(F)(F)F)cc2C(F)(F)F)n1. The van der Waals surface area contributed by atoms with E-state index < -0.39 is 29.2 Å². The van der Waals surface area contributed by atoms with Crippen LogP contribution in [0.4, 0.5) is 37.8 Å². The minimum Gasteiger partial charge on any atom is -0.396 e. The van der Waals surface area contributed by atoms with Crippen molar-refractivity contribution in [2.24, 2.45) is 0 Å². The van der Waals surface area contributed by atoms with Gasteiger partial charge in [0.2, 0.25) is 0 Å². The van der Waals surface area contributed by atoms with E-state index in [1.165, 1.54) is 16.0 Å². The second kappa shape index (κ2) is 9.30. The lowest BCUT2D eigenvalue weighted by Gasteiger charge is -2.20. The first kappa shape index (κ1) is 24.7. The second-order valence-corrected chi connectivity index (χ2v) is 8.34. The smallest absolute Gasteiger partial charge is 0.396 e. The molecule has 0 aliphatic heterocycles. The van der Waals surface area contributed by atoms with Crippen LogP contribution in [0.25, 0.3) is 16.4 Å². The summed E-state index contributed by atoms with van der Waals surface area (Å²) in [4.78, 5) is 8.45. The fourth-order valence-electron chi connectivity index (χ4n) is 3.46. The number of thiazole rings is 1. The van der Waals surface area contributed by atoms with E-state index >= 15 is 0 Å². The van der Waals surface area contributed by atoms with Crippen LogP contribution in [0.1, 0.15) is 22.4 Å². The first-order valence-corrected chi connectivity index (χ1v) is 11.0. The molecule has 0 aliphatic carbocycles. The van der Waals surface area contributed by atoms with E-state index in [2.05, 4.69) is 20.4 Å². The molecule has 0 radical (unpaired) electrons. The summed E-state index contributed by atoms with van der Waals surface area (Å²) in [7, 11) is 0. The van der Waals surface area contributed by atoms with E-state index in [4.69, 9.17) is 0 Å². The Labute approximate surface area is 198 Å². The number of nitrogens with one attached hydrogen (secondary N) is 1. The minimum absolute atomic E-state index is 0.000617. The Morgan fingerprint density at radius 2 is 1.83 bits per heavy atom. The van der Waals surface area contributed by atoms with E-state index in [1.807, 2.05) is 0 Å². The maximum absolute atomic E-state index is 13.6. The summed E-state index contributed by atoms with van der Waals surface area (Å²) >= 11 is 1.38. The van der Waals surface area contributed by atoms with Crippen LogP contribution in [-0.2, 0) is 18.8 Å². The summed E-state index contributed by atoms with van der Waals surface area (Å²) in [5.41, 5.74) is -1.75. The van der Waals surface area contributed by atoms with Crippen LogP contribution < -0.4 is 5.32 Å². The average Bonchev–Trinajstić information content (AvgIpc) is 3.46. The van der Waals surface area contributed by atoms with Crippen molar-refractivity contribution in [1.29, 1.82) is 0 Å². The molecule has 3 heterocycles. The lowest BCUT2D eigenvalue weighted by molar-refractivity contribution is -0.142. The minimum atomic E-state index is -5.06. The van der Waals surface area contributed by atoms with Gasteiger partial charge in [-0.3, -0.25) is 0 Å². The molecule has 0 spiro atoms. The third-order valence-corrected chi connectivity index (χ3v) is 5.78. The molecule has 3 aromatic heterocycles. The Kier molecular flexibility index (Phi) is 6.56. The van der Waals surface area contributed by atoms with Gasteiger partial charge in [-0.05, 0) is 37.3 Å². The molecule has 0 saturated carbocycles. The van der Waals surface area contributed by atoms with E-state index in [9.17, 15) is 31.4 Å². The molecule has 0 bridgehead atoms. The highest BCUT2D eigenvalue weighted by Crippen LogP contribution is 2.40. The zero-order valence-electron chi connectivity index (χ0n) is 17.9. The molecule has 35 heavy (non-hydrogen) atoms. The van der Waals surface area contributed by atoms with Crippen LogP contribution in [0, 0.1) is 6.92 Å². The van der Waals surface area contributed by atoms with E-state index in [-0.39, 0.29) is 24.9 Å². The molecule has 184 valence electrons. The van der Waals surface area contributed by atoms with Gasteiger partial charge in [-0.1, -0.05) is 0 Å². The predicted octanol–water partition coefficient (Wildman–Crippen LogP) is 6.02. The topological polar surface area (TPSA) is 75.9 Å². The van der Waals surface area contributed by atoms with Crippen molar-refractivity contribution < 1.29 is 31.4 Å². The van der Waals surface area contributed by atoms with Gasteiger partial charge in [0.1, 0.15) is 16.5 Å². The Morgan fingerprint density at radius 3 is 2.46 bits per heavy atom. The molecule has 4 aromatic rings. The Morgan fingerprint density at radius 1 is 1.06 bits per heavy atom. The number of aryl methyl sites for hydroxylation is 1. The van der Waals surface area contributed by atoms with Crippen molar-refractivity contribution >= 4 is 22.8 Å². The van der Waals surface area contributed by atoms with Gasteiger partial charge in [0.05, 0.1) is 22.5 Å². The fraction of sp³-hybridized carbons (Fsp3) is 0.227. The molecule has 0 fully saturated rings. The van der Waals surface area contributed by atoms with E-state index in [1.54, 1.807) is 36.8 Å². The number of nitrogens with zero attached hydrogens (tertiary/aromatic N) is 4. The maximum atomic E-state index is 13.6. The van der Waals surface area contributed by atoms with Crippen LogP contribution in [0.2, 0.25) is 0 Å². The summed E-state index contributed by atoms with van der Waals surface area (Å²) in [6.45, 7) is 1.26. The Balaban J connectivity index is 1.81. The fourth-order valence-corrected chi connectivity index (χ4v) is 4.06. The van der Waals surface area contributed by atoms with Gasteiger partial charge in [-0.2, -0.15) is 31.4 Å². The molecular formula is C22H17F6N5OS. The first-order valence-electron chi connectivity index (χ1n) is 10.1. The van der Waals surface area contributed by atoms with Crippen molar-refractivity contribution in [3.8, 4) is 16.4 Å². The van der Waals surface area contributed by atoms with Crippen LogP contribution in [0.3, 0.4) is 0 Å². The lowest BCUT2D eigenvalue weighted by atomic mass is 10.1. The molecular weight excluding hydrogens is 496 g/mol. The van der Waals surface area contributed by atoms with Gasteiger partial charge < -0.3 is 10.4 Å². The number of rotatable bonds is 6. The molecule has 0 aliphatic rings. The first-order chi connectivity index (χ1) is 16.5. The second-order valence-electron chi connectivity index (χ2n) is 7.45. The predicted molar refractivity (Wildman–Crippen MR) is 118 cm³/mol. The number of benzene rings is 1. The van der Waals surface area contributed by atoms with Gasteiger partial charge in [0.25, 0.3) is 0 Å². The largest absolute Gasteiger partial charge is 0.418 e. The molecule has 4 rings (SSSR count). The summed E-state index contributed by atoms with van der Waals surface area (Å²) in [5.74, 6) is -0.0365. The van der Waals surface area contributed by atoms with Crippen molar-refractivity contribution in [1.82, 2.24) is 19.7 Å². The average molecular weight is 513 g/mol. The summed E-state index contributed by atoms with van der Waals surface area (Å²) in [6.07, 6.45) is -6.74. The zero-order chi connectivity index (χ0) is 25.4. The number of aliphatic hydroxyl groups excluding tert-OH is 1. The normalized spacial score (nSPS) is 12.2. The van der Waals surface area contributed by atoms with Crippen molar-refractivity contribution in [3.63, 3.8) is 0 Å². The third-order valence-electron chi connectivity index (χ3n) is 4.98. The number of alkyl halides is 6.